The molecule has 3 aromatic heterocycles. The van der Waals surface area contributed by atoms with Gasteiger partial charge >= 0.3 is 24.7 Å². The summed E-state index contributed by atoms with van der Waals surface area (Å²) in [6.45, 7) is 0. The van der Waals surface area contributed by atoms with Crippen LogP contribution in [0, 0.1) is 11.3 Å². The Hall–Kier alpha value is -8.06. The lowest BCUT2D eigenvalue weighted by molar-refractivity contribution is -0.144. The van der Waals surface area contributed by atoms with E-state index in [0.717, 1.165) is 0 Å². The van der Waals surface area contributed by atoms with E-state index in [0.29, 0.717) is 90.4 Å². The quantitative estimate of drug-likeness (QED) is 0.161. The largest absolute Gasteiger partial charge is 0.416 e. The number of fused-ring (bicyclic) bond motifs is 6. The Morgan fingerprint density at radius 3 is 1.25 bits per heavy atom. The molecule has 10 rings (SSSR count). The van der Waals surface area contributed by atoms with Crippen LogP contribution in [0.2, 0.25) is 0 Å². The molecule has 0 aliphatic rings. The first-order valence-electron chi connectivity index (χ1n) is 20.3. The molecule has 0 N–H and O–H groups in total. The molecule has 0 atom stereocenters. The van der Waals surface area contributed by atoms with Crippen molar-refractivity contribution in [2.24, 2.45) is 0 Å². The number of pyridine rings is 1. The van der Waals surface area contributed by atoms with E-state index in [9.17, 15) is 57.9 Å². The Morgan fingerprint density at radius 2 is 0.809 bits per heavy atom. The van der Waals surface area contributed by atoms with E-state index in [1.807, 2.05) is 9.13 Å². The summed E-state index contributed by atoms with van der Waals surface area (Å²) in [5, 5.41) is 12.4. The number of nitrogens with zero attached hydrogens (tertiary/aromatic N) is 4. The zero-order valence-corrected chi connectivity index (χ0v) is 34.3. The molecular weight excluding hydrogens is 909 g/mol. The highest BCUT2D eigenvalue weighted by Gasteiger charge is 2.38. The van der Waals surface area contributed by atoms with Crippen LogP contribution in [0.4, 0.5) is 52.7 Å². The van der Waals surface area contributed by atoms with E-state index in [-0.39, 0.29) is 39.9 Å². The molecule has 16 heteroatoms. The smallest absolute Gasteiger partial charge is 0.309 e. The molecule has 0 spiro atoms. The fourth-order valence-electron chi connectivity index (χ4n) is 8.87. The van der Waals surface area contributed by atoms with Gasteiger partial charge in [0.1, 0.15) is 0 Å². The van der Waals surface area contributed by atoms with E-state index >= 15 is 0 Å². The second-order valence-corrected chi connectivity index (χ2v) is 16.0. The lowest BCUT2D eigenvalue weighted by Gasteiger charge is -2.18. The number of hydrogen-bond donors (Lipinski definition) is 0. The summed E-state index contributed by atoms with van der Waals surface area (Å²) in [5.74, 6) is 0. The van der Waals surface area contributed by atoms with Gasteiger partial charge in [0.2, 0.25) is 0 Å². The van der Waals surface area contributed by atoms with Crippen LogP contribution < -0.4 is 0 Å². The minimum absolute atomic E-state index is 0.0671. The fraction of sp³-hybridized carbons (Fsp3) is 0.0769. The highest BCUT2D eigenvalue weighted by Crippen LogP contribution is 2.45. The van der Waals surface area contributed by atoms with Gasteiger partial charge in [-0.3, -0.25) is 4.98 Å². The van der Waals surface area contributed by atoms with Crippen LogP contribution >= 0.6 is 0 Å². The molecule has 0 amide bonds. The number of alkyl halides is 12. The monoisotopic (exact) mass is 934 g/mol. The van der Waals surface area contributed by atoms with Gasteiger partial charge in [-0.2, -0.15) is 57.9 Å². The first-order chi connectivity index (χ1) is 32.2. The van der Waals surface area contributed by atoms with Crippen LogP contribution in [0.3, 0.4) is 0 Å². The molecule has 0 fully saturated rings. The zero-order valence-electron chi connectivity index (χ0n) is 34.3. The highest BCUT2D eigenvalue weighted by atomic mass is 19.4. The number of aromatic nitrogens is 3. The number of rotatable bonds is 5. The molecule has 7 aromatic carbocycles. The molecule has 0 aliphatic heterocycles. The van der Waals surface area contributed by atoms with Gasteiger partial charge in [-0.25, -0.2) is 0 Å². The van der Waals surface area contributed by atoms with Gasteiger partial charge in [-0.1, -0.05) is 54.6 Å². The SMILES string of the molecule is N#Cc1ccc(-c2cnccc2-n2c3ccccc3c3cc(-c4cc(C(F)(F)F)cc(C(F)(F)F)c4)ccc32)c(-n2c3ccccc3c3cc(-c4cc(C(F)(F)F)cc(C(F)(F)F)c4)ccc32)c1. The van der Waals surface area contributed by atoms with Crippen molar-refractivity contribution in [3.05, 3.63) is 186 Å². The minimum Gasteiger partial charge on any atom is -0.309 e. The molecule has 0 saturated heterocycles. The number of halogens is 12. The second-order valence-electron chi connectivity index (χ2n) is 16.0. The van der Waals surface area contributed by atoms with Crippen molar-refractivity contribution < 1.29 is 52.7 Å². The summed E-state index contributed by atoms with van der Waals surface area (Å²) in [5.41, 5.74) is -1.76. The maximum Gasteiger partial charge on any atom is 0.416 e. The Kier molecular flexibility index (Phi) is 9.99. The first kappa shape index (κ1) is 43.8. The van der Waals surface area contributed by atoms with Gasteiger partial charge in [0.25, 0.3) is 0 Å². The lowest BCUT2D eigenvalue weighted by Crippen LogP contribution is -2.11. The zero-order chi connectivity index (χ0) is 48.1. The van der Waals surface area contributed by atoms with Gasteiger partial charge in [0.05, 0.1) is 67.3 Å². The van der Waals surface area contributed by atoms with Crippen LogP contribution in [0.1, 0.15) is 27.8 Å². The van der Waals surface area contributed by atoms with Crippen LogP contribution in [-0.2, 0) is 24.7 Å². The van der Waals surface area contributed by atoms with E-state index < -0.39 is 47.0 Å². The van der Waals surface area contributed by atoms with Crippen LogP contribution in [0.25, 0.3) is 88.4 Å². The van der Waals surface area contributed by atoms with Crippen molar-refractivity contribution in [1.29, 1.82) is 5.26 Å². The van der Waals surface area contributed by atoms with Crippen LogP contribution in [0.5, 0.6) is 0 Å². The average Bonchev–Trinajstić information content (AvgIpc) is 3.82. The third-order valence-corrected chi connectivity index (χ3v) is 11.9. The van der Waals surface area contributed by atoms with Gasteiger partial charge in [-0.05, 0) is 113 Å². The molecule has 0 unspecified atom stereocenters. The maximum atomic E-state index is 13.9. The van der Waals surface area contributed by atoms with Crippen molar-refractivity contribution >= 4 is 43.6 Å². The van der Waals surface area contributed by atoms with Gasteiger partial charge < -0.3 is 9.13 Å². The molecule has 4 nitrogen and oxygen atoms in total. The van der Waals surface area contributed by atoms with Crippen molar-refractivity contribution in [1.82, 2.24) is 14.1 Å². The van der Waals surface area contributed by atoms with E-state index in [4.69, 9.17) is 0 Å². The predicted molar refractivity (Wildman–Crippen MR) is 234 cm³/mol. The summed E-state index contributed by atoms with van der Waals surface area (Å²) in [6.07, 6.45) is -17.1. The summed E-state index contributed by atoms with van der Waals surface area (Å²) in [4.78, 5) is 4.45. The van der Waals surface area contributed by atoms with Gasteiger partial charge in [0.15, 0.2) is 0 Å². The van der Waals surface area contributed by atoms with Crippen molar-refractivity contribution in [2.45, 2.75) is 24.7 Å². The Bertz CT molecular complexity index is 3650. The average molecular weight is 935 g/mol. The Balaban J connectivity index is 1.18. The number of nitriles is 1. The molecule has 68 heavy (non-hydrogen) atoms. The molecule has 0 bridgehead atoms. The molecule has 0 saturated carbocycles. The Labute approximate surface area is 376 Å². The first-order valence-corrected chi connectivity index (χ1v) is 20.3. The van der Waals surface area contributed by atoms with E-state index in [1.165, 1.54) is 24.3 Å². The topological polar surface area (TPSA) is 46.5 Å². The summed E-state index contributed by atoms with van der Waals surface area (Å²) in [7, 11) is 0. The summed E-state index contributed by atoms with van der Waals surface area (Å²) < 4.78 is 171. The van der Waals surface area contributed by atoms with Crippen molar-refractivity contribution in [3.63, 3.8) is 0 Å². The number of benzene rings is 7. The molecule has 10 aromatic rings. The standard InChI is InChI=1S/C52H26F12N4/c53-49(54,55)33-18-31(19-34(24-33)50(56,57)58)29-10-13-45-40(22-29)37-5-1-3-7-43(37)67(45)47-15-16-66-27-42(47)39-12-9-28(26-65)17-48(39)68-44-8-4-2-6-38(44)41-23-30(11-14-46(41)68)32-20-35(51(59,60)61)25-36(21-32)52(62,63)64/h1-25,27H. The molecular formula is C52H26F12N4. The molecule has 0 aliphatic carbocycles. The Morgan fingerprint density at radius 1 is 0.382 bits per heavy atom. The predicted octanol–water partition coefficient (Wildman–Crippen LogP) is 16.2. The van der Waals surface area contributed by atoms with Crippen molar-refractivity contribution in [2.75, 3.05) is 0 Å². The fourth-order valence-corrected chi connectivity index (χ4v) is 8.87. The van der Waals surface area contributed by atoms with Crippen LogP contribution in [-0.4, -0.2) is 14.1 Å². The van der Waals surface area contributed by atoms with E-state index in [2.05, 4.69) is 11.1 Å². The highest BCUT2D eigenvalue weighted by molar-refractivity contribution is 6.12. The third kappa shape index (κ3) is 7.53. The van der Waals surface area contributed by atoms with Crippen LogP contribution in [0.15, 0.2) is 158 Å². The second kappa shape index (κ2) is 15.5. The van der Waals surface area contributed by atoms with E-state index in [1.54, 1.807) is 97.3 Å². The third-order valence-electron chi connectivity index (χ3n) is 11.9. The lowest BCUT2D eigenvalue weighted by atomic mass is 9.97. The summed E-state index contributed by atoms with van der Waals surface area (Å²) >= 11 is 0. The van der Waals surface area contributed by atoms with Gasteiger partial charge in [0, 0.05) is 45.1 Å². The molecule has 0 radical (unpaired) electrons. The van der Waals surface area contributed by atoms with Gasteiger partial charge in [-0.15, -0.1) is 0 Å². The van der Waals surface area contributed by atoms with Crippen molar-refractivity contribution in [3.8, 4) is 50.8 Å². The minimum atomic E-state index is -5.07. The number of hydrogen-bond acceptors (Lipinski definition) is 2. The molecule has 338 valence electrons. The maximum absolute atomic E-state index is 13.9. The summed E-state index contributed by atoms with van der Waals surface area (Å²) in [6, 6.07) is 34.8. The number of para-hydroxylation sites is 2. The molecule has 3 heterocycles. The normalized spacial score (nSPS) is 12.7.